The predicted molar refractivity (Wildman–Crippen MR) is 62.8 cm³/mol. The van der Waals surface area contributed by atoms with Crippen LogP contribution in [-0.2, 0) is 4.79 Å². The first-order valence-corrected chi connectivity index (χ1v) is 5.62. The van der Waals surface area contributed by atoms with Crippen LogP contribution in [0.4, 0.5) is 0 Å². The third-order valence-electron chi connectivity index (χ3n) is 3.10. The highest BCUT2D eigenvalue weighted by Gasteiger charge is 2.36. The number of rotatable bonds is 2. The summed E-state index contributed by atoms with van der Waals surface area (Å²) in [7, 11) is 1.94. The van der Waals surface area contributed by atoms with Gasteiger partial charge in [-0.1, -0.05) is 23.7 Å². The van der Waals surface area contributed by atoms with Crippen LogP contribution in [0, 0.1) is 5.92 Å². The van der Waals surface area contributed by atoms with Crippen molar-refractivity contribution in [2.45, 2.75) is 5.92 Å². The Morgan fingerprint density at radius 3 is 2.88 bits per heavy atom. The molecule has 1 saturated heterocycles. The highest BCUT2D eigenvalue weighted by molar-refractivity contribution is 6.30. The Labute approximate surface area is 99.6 Å². The van der Waals surface area contributed by atoms with Crippen molar-refractivity contribution in [1.82, 2.24) is 4.90 Å². The van der Waals surface area contributed by atoms with Crippen molar-refractivity contribution in [2.24, 2.45) is 5.92 Å². The van der Waals surface area contributed by atoms with Crippen molar-refractivity contribution in [3.05, 3.63) is 34.9 Å². The van der Waals surface area contributed by atoms with Crippen LogP contribution in [0.2, 0.25) is 5.02 Å². The van der Waals surface area contributed by atoms with E-state index in [9.17, 15) is 9.90 Å². The lowest BCUT2D eigenvalue weighted by Gasteiger charge is -2.15. The number of carboxylic acid groups (broad SMARTS) is 1. The fourth-order valence-electron chi connectivity index (χ4n) is 2.33. The second-order valence-electron chi connectivity index (χ2n) is 4.33. The lowest BCUT2D eigenvalue weighted by atomic mass is 9.89. The van der Waals surface area contributed by atoms with Crippen molar-refractivity contribution >= 4 is 17.6 Å². The zero-order chi connectivity index (χ0) is 11.7. The van der Waals surface area contributed by atoms with Gasteiger partial charge in [-0.15, -0.1) is 0 Å². The van der Waals surface area contributed by atoms with E-state index in [2.05, 4.69) is 0 Å². The van der Waals surface area contributed by atoms with Crippen molar-refractivity contribution in [3.63, 3.8) is 0 Å². The maximum Gasteiger partial charge on any atom is 0.308 e. The van der Waals surface area contributed by atoms with Crippen LogP contribution in [0.1, 0.15) is 11.5 Å². The SMILES string of the molecule is CN1C[C@H](c2cccc(Cl)c2)[C@H](C(=O)O)C1. The van der Waals surface area contributed by atoms with E-state index in [0.717, 1.165) is 12.1 Å². The molecule has 1 aliphatic rings. The number of hydrogen-bond acceptors (Lipinski definition) is 2. The summed E-state index contributed by atoms with van der Waals surface area (Å²) in [5, 5.41) is 9.84. The van der Waals surface area contributed by atoms with Gasteiger partial charge in [0.05, 0.1) is 5.92 Å². The molecule has 0 radical (unpaired) electrons. The van der Waals surface area contributed by atoms with E-state index >= 15 is 0 Å². The number of likely N-dealkylation sites (tertiary alicyclic amines) is 1. The van der Waals surface area contributed by atoms with Crippen LogP contribution < -0.4 is 0 Å². The number of halogens is 1. The monoisotopic (exact) mass is 239 g/mol. The zero-order valence-corrected chi connectivity index (χ0v) is 9.81. The molecule has 2 rings (SSSR count). The van der Waals surface area contributed by atoms with Crippen molar-refractivity contribution in [2.75, 3.05) is 20.1 Å². The standard InChI is InChI=1S/C12H14ClNO2/c1-14-6-10(11(7-14)12(15)16)8-3-2-4-9(13)5-8/h2-5,10-11H,6-7H2,1H3,(H,15,16)/t10-,11-/m1/s1. The highest BCUT2D eigenvalue weighted by atomic mass is 35.5. The topological polar surface area (TPSA) is 40.5 Å². The van der Waals surface area contributed by atoms with Gasteiger partial charge < -0.3 is 10.0 Å². The van der Waals surface area contributed by atoms with Crippen LogP contribution >= 0.6 is 11.6 Å². The molecule has 0 aliphatic carbocycles. The number of benzene rings is 1. The van der Waals surface area contributed by atoms with E-state index in [1.54, 1.807) is 6.07 Å². The largest absolute Gasteiger partial charge is 0.481 e. The second kappa shape index (κ2) is 4.44. The minimum atomic E-state index is -0.727. The van der Waals surface area contributed by atoms with Gasteiger partial charge in [0.2, 0.25) is 0 Å². The van der Waals surface area contributed by atoms with Crippen LogP contribution in [0.15, 0.2) is 24.3 Å². The van der Waals surface area contributed by atoms with Crippen LogP contribution in [0.5, 0.6) is 0 Å². The molecule has 0 spiro atoms. The summed E-state index contributed by atoms with van der Waals surface area (Å²) in [5.41, 5.74) is 1.02. The van der Waals surface area contributed by atoms with Gasteiger partial charge in [0.25, 0.3) is 0 Å². The Morgan fingerprint density at radius 1 is 1.50 bits per heavy atom. The summed E-state index contributed by atoms with van der Waals surface area (Å²) in [4.78, 5) is 13.2. The normalized spacial score (nSPS) is 25.9. The molecule has 2 atom stereocenters. The minimum absolute atomic E-state index is 0.0428. The molecule has 1 fully saturated rings. The van der Waals surface area contributed by atoms with E-state index in [1.807, 2.05) is 30.1 Å². The Morgan fingerprint density at radius 2 is 2.25 bits per heavy atom. The van der Waals surface area contributed by atoms with Crippen molar-refractivity contribution < 1.29 is 9.90 Å². The predicted octanol–water partition coefficient (Wildman–Crippen LogP) is 2.07. The Kier molecular flexibility index (Phi) is 3.17. The lowest BCUT2D eigenvalue weighted by Crippen LogP contribution is -2.21. The minimum Gasteiger partial charge on any atom is -0.481 e. The number of aliphatic carboxylic acids is 1. The van der Waals surface area contributed by atoms with Gasteiger partial charge in [0, 0.05) is 24.0 Å². The summed E-state index contributed by atoms with van der Waals surface area (Å²) in [6.07, 6.45) is 0. The first kappa shape index (κ1) is 11.4. The van der Waals surface area contributed by atoms with Crippen LogP contribution in [0.25, 0.3) is 0 Å². The van der Waals surface area contributed by atoms with Crippen molar-refractivity contribution in [3.8, 4) is 0 Å². The Balaban J connectivity index is 2.28. The van der Waals surface area contributed by atoms with E-state index in [0.29, 0.717) is 11.6 Å². The summed E-state index contributed by atoms with van der Waals surface area (Å²) >= 11 is 5.93. The second-order valence-corrected chi connectivity index (χ2v) is 4.76. The molecule has 1 aliphatic heterocycles. The van der Waals surface area contributed by atoms with Crippen molar-refractivity contribution in [1.29, 1.82) is 0 Å². The summed E-state index contributed by atoms with van der Waals surface area (Å²) in [6, 6.07) is 7.49. The van der Waals surface area contributed by atoms with E-state index in [4.69, 9.17) is 11.6 Å². The third kappa shape index (κ3) is 2.20. The molecule has 4 heteroatoms. The Hall–Kier alpha value is -1.06. The maximum absolute atomic E-state index is 11.2. The van der Waals surface area contributed by atoms with Gasteiger partial charge in [-0.2, -0.15) is 0 Å². The fourth-order valence-corrected chi connectivity index (χ4v) is 2.52. The number of nitrogens with zero attached hydrogens (tertiary/aromatic N) is 1. The summed E-state index contributed by atoms with van der Waals surface area (Å²) in [6.45, 7) is 1.38. The molecule has 86 valence electrons. The molecule has 0 amide bonds. The van der Waals surface area contributed by atoms with Gasteiger partial charge in [0.1, 0.15) is 0 Å². The number of likely N-dealkylation sites (N-methyl/N-ethyl adjacent to an activating group) is 1. The average molecular weight is 240 g/mol. The zero-order valence-electron chi connectivity index (χ0n) is 9.06. The highest BCUT2D eigenvalue weighted by Crippen LogP contribution is 2.33. The molecule has 1 heterocycles. The van der Waals surface area contributed by atoms with Gasteiger partial charge in [-0.3, -0.25) is 4.79 Å². The number of carboxylic acids is 1. The van der Waals surface area contributed by atoms with E-state index in [1.165, 1.54) is 0 Å². The molecule has 0 saturated carbocycles. The molecule has 1 aromatic rings. The quantitative estimate of drug-likeness (QED) is 0.859. The summed E-state index contributed by atoms with van der Waals surface area (Å²) < 4.78 is 0. The third-order valence-corrected chi connectivity index (χ3v) is 3.33. The molecular formula is C12H14ClNO2. The molecule has 1 aromatic carbocycles. The first-order valence-electron chi connectivity index (χ1n) is 5.24. The maximum atomic E-state index is 11.2. The number of hydrogen-bond donors (Lipinski definition) is 1. The molecular weight excluding hydrogens is 226 g/mol. The fraction of sp³-hybridized carbons (Fsp3) is 0.417. The van der Waals surface area contributed by atoms with Crippen LogP contribution in [-0.4, -0.2) is 36.1 Å². The lowest BCUT2D eigenvalue weighted by molar-refractivity contribution is -0.141. The molecule has 1 N–H and O–H groups in total. The molecule has 16 heavy (non-hydrogen) atoms. The van der Waals surface area contributed by atoms with Gasteiger partial charge in [-0.25, -0.2) is 0 Å². The molecule has 0 bridgehead atoms. The first-order chi connectivity index (χ1) is 7.58. The molecule has 0 aromatic heterocycles. The van der Waals surface area contributed by atoms with Gasteiger partial charge in [0.15, 0.2) is 0 Å². The summed E-state index contributed by atoms with van der Waals surface area (Å²) in [5.74, 6) is -1.01. The average Bonchev–Trinajstić information content (AvgIpc) is 2.60. The Bertz CT molecular complexity index is 408. The van der Waals surface area contributed by atoms with Gasteiger partial charge in [-0.05, 0) is 24.7 Å². The number of carbonyl (C=O) groups is 1. The van der Waals surface area contributed by atoms with E-state index < -0.39 is 5.97 Å². The molecule has 0 unspecified atom stereocenters. The van der Waals surface area contributed by atoms with Gasteiger partial charge >= 0.3 is 5.97 Å². The van der Waals surface area contributed by atoms with Crippen LogP contribution in [0.3, 0.4) is 0 Å². The molecule has 3 nitrogen and oxygen atoms in total. The smallest absolute Gasteiger partial charge is 0.308 e. The van der Waals surface area contributed by atoms with E-state index in [-0.39, 0.29) is 11.8 Å².